The van der Waals surface area contributed by atoms with Gasteiger partial charge in [-0.2, -0.15) is 0 Å². The molecule has 256 valence electrons. The van der Waals surface area contributed by atoms with Crippen molar-refractivity contribution in [3.8, 4) is 23.0 Å². The molecule has 17 nitrogen and oxygen atoms in total. The van der Waals surface area contributed by atoms with Crippen molar-refractivity contribution in [2.45, 2.75) is 31.0 Å². The Morgan fingerprint density at radius 2 is 1.56 bits per heavy atom. The summed E-state index contributed by atoms with van der Waals surface area (Å²) in [6.45, 7) is -0.594. The van der Waals surface area contributed by atoms with Crippen LogP contribution in [0.1, 0.15) is 17.5 Å². The van der Waals surface area contributed by atoms with Crippen LogP contribution in [0, 0.1) is 0 Å². The first-order chi connectivity index (χ1) is 23.0. The second-order valence-electron chi connectivity index (χ2n) is 10.5. The van der Waals surface area contributed by atoms with E-state index in [2.05, 4.69) is 24.5 Å². The maximum Gasteiger partial charge on any atom is 0.469 e. The third-order valence-corrected chi connectivity index (χ3v) is 8.06. The van der Waals surface area contributed by atoms with Crippen molar-refractivity contribution in [1.29, 1.82) is 0 Å². The molecule has 4 heterocycles. The van der Waals surface area contributed by atoms with Crippen molar-refractivity contribution < 1.29 is 52.8 Å². The van der Waals surface area contributed by atoms with Crippen molar-refractivity contribution in [2.75, 3.05) is 40.8 Å². The van der Waals surface area contributed by atoms with E-state index in [9.17, 15) is 14.8 Å². The molecule has 0 amide bonds. The van der Waals surface area contributed by atoms with Crippen LogP contribution in [0.3, 0.4) is 0 Å². The maximum atomic E-state index is 10.7. The summed E-state index contributed by atoms with van der Waals surface area (Å²) in [6.07, 6.45) is -0.00625. The lowest BCUT2D eigenvalue weighted by Gasteiger charge is -2.16. The quantitative estimate of drug-likeness (QED) is 0.132. The van der Waals surface area contributed by atoms with E-state index in [0.29, 0.717) is 34.9 Å². The number of imidazole rings is 1. The Hall–Kier alpha value is -4.61. The summed E-state index contributed by atoms with van der Waals surface area (Å²) in [5.74, 6) is 2.96. The van der Waals surface area contributed by atoms with Gasteiger partial charge in [0.15, 0.2) is 40.7 Å². The number of anilines is 1. The zero-order valence-electron chi connectivity index (χ0n) is 26.3. The smallest absolute Gasteiger partial charge is 0.469 e. The second-order valence-corrected chi connectivity index (χ2v) is 11.7. The summed E-state index contributed by atoms with van der Waals surface area (Å²) >= 11 is 0. The number of hydrogen-bond acceptors (Lipinski definition) is 14. The van der Waals surface area contributed by atoms with Crippen molar-refractivity contribution in [3.05, 3.63) is 66.5 Å². The van der Waals surface area contributed by atoms with Gasteiger partial charge in [-0.15, -0.1) is 0 Å². The van der Waals surface area contributed by atoms with Crippen molar-refractivity contribution in [1.82, 2.24) is 24.5 Å². The van der Waals surface area contributed by atoms with Crippen LogP contribution in [0.4, 0.5) is 5.82 Å². The third-order valence-electron chi connectivity index (χ3n) is 7.58. The number of phosphoric acid groups is 1. The van der Waals surface area contributed by atoms with Gasteiger partial charge in [-0.1, -0.05) is 6.07 Å². The van der Waals surface area contributed by atoms with Gasteiger partial charge in [0.05, 0.1) is 47.1 Å². The van der Waals surface area contributed by atoms with Crippen LogP contribution in [0.25, 0.3) is 21.9 Å². The lowest BCUT2D eigenvalue weighted by atomic mass is 10.0. The van der Waals surface area contributed by atoms with E-state index >= 15 is 0 Å². The number of aliphatic hydroxyl groups excluding tert-OH is 2. The Morgan fingerprint density at radius 1 is 0.875 bits per heavy atom. The second kappa shape index (κ2) is 14.7. The Labute approximate surface area is 274 Å². The number of methoxy groups -OCH3 is 4. The van der Waals surface area contributed by atoms with E-state index in [1.165, 1.54) is 17.2 Å². The highest BCUT2D eigenvalue weighted by molar-refractivity contribution is 7.46. The van der Waals surface area contributed by atoms with Gasteiger partial charge in [-0.05, 0) is 41.3 Å². The number of pyridine rings is 1. The molecule has 0 saturated carbocycles. The van der Waals surface area contributed by atoms with Crippen LogP contribution in [0.5, 0.6) is 23.0 Å². The average Bonchev–Trinajstić information content (AvgIpc) is 3.63. The first-order valence-electron chi connectivity index (χ1n) is 14.3. The number of rotatable bonds is 10. The number of ether oxygens (including phenoxy) is 5. The molecule has 18 heteroatoms. The maximum absolute atomic E-state index is 10.7. The molecule has 3 aromatic heterocycles. The summed E-state index contributed by atoms with van der Waals surface area (Å²) < 4.78 is 43.3. The summed E-state index contributed by atoms with van der Waals surface area (Å²) in [4.78, 5) is 33.8. The van der Waals surface area contributed by atoms with Gasteiger partial charge >= 0.3 is 7.82 Å². The highest BCUT2D eigenvalue weighted by Gasteiger charge is 2.45. The normalized spacial score (nSPS) is 19.2. The first kappa shape index (κ1) is 34.7. The molecule has 1 aliphatic rings. The number of benzene rings is 2. The molecule has 0 bridgehead atoms. The van der Waals surface area contributed by atoms with E-state index in [0.717, 1.165) is 22.0 Å². The molecule has 0 spiro atoms. The van der Waals surface area contributed by atoms with Crippen molar-refractivity contribution in [2.24, 2.45) is 0 Å². The van der Waals surface area contributed by atoms with Gasteiger partial charge in [0.1, 0.15) is 30.2 Å². The van der Waals surface area contributed by atoms with Crippen LogP contribution in [-0.4, -0.2) is 97.9 Å². The van der Waals surface area contributed by atoms with Gasteiger partial charge in [0.25, 0.3) is 0 Å². The molecule has 1 unspecified atom stereocenters. The fourth-order valence-electron chi connectivity index (χ4n) is 5.21. The topological polar surface area (TPSA) is 236 Å². The molecule has 2 aromatic carbocycles. The van der Waals surface area contributed by atoms with Crippen LogP contribution in [0.15, 0.2) is 55.2 Å². The van der Waals surface area contributed by atoms with Gasteiger partial charge in [0, 0.05) is 18.0 Å². The number of aromatic nitrogens is 5. The van der Waals surface area contributed by atoms with Gasteiger partial charge in [-0.25, -0.2) is 19.5 Å². The monoisotopic (exact) mass is 686 g/mol. The third kappa shape index (κ3) is 7.42. The Balaban J connectivity index is 0.000000188. The fraction of sp³-hybridized carbons (Fsp3) is 0.333. The summed E-state index contributed by atoms with van der Waals surface area (Å²) in [5, 5.41) is 22.2. The molecule has 1 aliphatic heterocycles. The number of phosphoric ester groups is 1. The highest BCUT2D eigenvalue weighted by atomic mass is 31.2. The molecule has 48 heavy (non-hydrogen) atoms. The van der Waals surface area contributed by atoms with E-state index in [1.54, 1.807) is 28.4 Å². The molecule has 4 atom stereocenters. The zero-order valence-corrected chi connectivity index (χ0v) is 27.2. The lowest BCUT2D eigenvalue weighted by molar-refractivity contribution is -0.0504. The first-order valence-corrected chi connectivity index (χ1v) is 15.9. The fourth-order valence-corrected chi connectivity index (χ4v) is 5.55. The highest BCUT2D eigenvalue weighted by Crippen LogP contribution is 2.39. The van der Waals surface area contributed by atoms with Crippen LogP contribution in [-0.2, 0) is 20.2 Å². The van der Waals surface area contributed by atoms with Crippen LogP contribution >= 0.6 is 7.82 Å². The minimum atomic E-state index is -4.72. The number of nitrogens with zero attached hydrogens (tertiary/aromatic N) is 5. The molecule has 5 aromatic rings. The van der Waals surface area contributed by atoms with Crippen LogP contribution < -0.4 is 24.7 Å². The Morgan fingerprint density at radius 3 is 2.25 bits per heavy atom. The van der Waals surface area contributed by atoms with Crippen molar-refractivity contribution in [3.63, 3.8) is 0 Å². The minimum absolute atomic E-state index is 0.142. The molecule has 1 fully saturated rings. The zero-order chi connectivity index (χ0) is 34.6. The van der Waals surface area contributed by atoms with Gasteiger partial charge in [-0.3, -0.25) is 14.1 Å². The summed E-state index contributed by atoms with van der Waals surface area (Å²) in [6, 6.07) is 11.8. The predicted molar refractivity (Wildman–Crippen MR) is 171 cm³/mol. The number of hydrogen-bond donors (Lipinski definition) is 5. The molecular weight excluding hydrogens is 651 g/mol. The average molecular weight is 687 g/mol. The summed E-state index contributed by atoms with van der Waals surface area (Å²) in [5.41, 5.74) is 8.30. The van der Waals surface area contributed by atoms with E-state index in [-0.39, 0.29) is 11.5 Å². The van der Waals surface area contributed by atoms with E-state index < -0.39 is 39.0 Å². The summed E-state index contributed by atoms with van der Waals surface area (Å²) in [7, 11) is 1.81. The number of nitrogen functional groups attached to an aromatic ring is 1. The largest absolute Gasteiger partial charge is 0.493 e. The van der Waals surface area contributed by atoms with Gasteiger partial charge in [0.2, 0.25) is 0 Å². The molecule has 6 rings (SSSR count). The molecule has 1 saturated heterocycles. The van der Waals surface area contributed by atoms with Crippen LogP contribution in [0.2, 0.25) is 0 Å². The number of fused-ring (bicyclic) bond motifs is 2. The van der Waals surface area contributed by atoms with Crippen molar-refractivity contribution >= 4 is 35.6 Å². The number of nitrogens with two attached hydrogens (primary N) is 1. The molecule has 0 aliphatic carbocycles. The Kier molecular flexibility index (Phi) is 10.6. The Bertz CT molecular complexity index is 1940. The lowest BCUT2D eigenvalue weighted by Crippen LogP contribution is -2.33. The SMILES string of the molecule is COc1ccc(Cc2nccc3cc(OC)c(OC)cc23)cc1OC.Nc1ncnc2c1ncn2C1O[C@H](COP(=O)(O)O)[C@H](O)[C@H]1O. The molecule has 0 radical (unpaired) electrons. The standard InChI is InChI=1S/C20H21NO4.C10H14N5O7P/c1-22-17-6-5-13(10-18(17)23-2)9-16-15-12-20(25-4)19(24-3)11-14(15)7-8-21-16;11-8-5-9(13-2-12-8)15(3-14-5)10-7(17)6(16)4(22-10)1-21-23(18,19)20/h5-8,10-12H,9H2,1-4H3;2-4,6-7,10,16-17H,1H2,(H2,11,12,13)(H2,18,19,20)/t;4-,6+,7-,10?/m.1/s1. The molecular formula is C30H35N6O11P. The molecule has 6 N–H and O–H groups in total. The number of aliphatic hydroxyl groups is 2. The predicted octanol–water partition coefficient (Wildman–Crippen LogP) is 2.00. The van der Waals surface area contributed by atoms with E-state index in [1.807, 2.05) is 42.6 Å². The van der Waals surface area contributed by atoms with E-state index in [4.69, 9.17) is 39.2 Å². The minimum Gasteiger partial charge on any atom is -0.493 e. The van der Waals surface area contributed by atoms with Gasteiger partial charge < -0.3 is 49.4 Å².